The number of thiazole rings is 1. The molecular formula is C16H14N2O3S2. The second kappa shape index (κ2) is 6.02. The molecule has 3 aromatic rings. The van der Waals surface area contributed by atoms with Gasteiger partial charge >= 0.3 is 0 Å². The zero-order valence-electron chi connectivity index (χ0n) is 12.2. The summed E-state index contributed by atoms with van der Waals surface area (Å²) in [5, 5.41) is 11.3. The largest absolute Gasteiger partial charge is 0.508 e. The fourth-order valence-electron chi connectivity index (χ4n) is 2.04. The molecule has 23 heavy (non-hydrogen) atoms. The molecule has 0 bridgehead atoms. The third-order valence-electron chi connectivity index (χ3n) is 3.21. The normalized spacial score (nSPS) is 12.5. The Morgan fingerprint density at radius 2 is 1.87 bits per heavy atom. The van der Waals surface area contributed by atoms with Crippen molar-refractivity contribution in [2.24, 2.45) is 4.40 Å². The number of aromatic hydroxyl groups is 1. The van der Waals surface area contributed by atoms with E-state index in [1.807, 2.05) is 6.92 Å². The highest BCUT2D eigenvalue weighted by atomic mass is 32.2. The number of rotatable bonds is 3. The van der Waals surface area contributed by atoms with Crippen molar-refractivity contribution in [3.8, 4) is 11.4 Å². The van der Waals surface area contributed by atoms with E-state index in [0.717, 1.165) is 5.56 Å². The first-order chi connectivity index (χ1) is 11.0. The smallest absolute Gasteiger partial charge is 0.285 e. The third kappa shape index (κ3) is 3.35. The van der Waals surface area contributed by atoms with E-state index in [2.05, 4.69) is 4.40 Å². The Bertz CT molecular complexity index is 1000. The number of aryl methyl sites for hydroxylation is 1. The van der Waals surface area contributed by atoms with Crippen LogP contribution < -0.4 is 4.80 Å². The molecule has 0 saturated carbocycles. The van der Waals surface area contributed by atoms with Crippen molar-refractivity contribution in [3.63, 3.8) is 0 Å². The van der Waals surface area contributed by atoms with Crippen LogP contribution in [0.15, 0.2) is 69.4 Å². The molecule has 0 saturated heterocycles. The Kier molecular flexibility index (Phi) is 4.06. The zero-order chi connectivity index (χ0) is 16.4. The Morgan fingerprint density at radius 1 is 1.13 bits per heavy atom. The SMILES string of the molecule is Cc1ccc(S(=O)(=O)/N=c2/sccn2-c2cccc(O)c2)cc1. The van der Waals surface area contributed by atoms with E-state index in [-0.39, 0.29) is 10.6 Å². The molecule has 0 amide bonds. The number of hydrogen-bond acceptors (Lipinski definition) is 4. The number of benzene rings is 2. The fraction of sp³-hybridized carbons (Fsp3) is 0.0625. The molecule has 2 aromatic carbocycles. The van der Waals surface area contributed by atoms with Crippen LogP contribution in [0.5, 0.6) is 5.75 Å². The molecule has 0 aliphatic heterocycles. The van der Waals surface area contributed by atoms with Gasteiger partial charge in [-0.3, -0.25) is 4.57 Å². The number of hydrogen-bond donors (Lipinski definition) is 1. The Hall–Kier alpha value is -2.38. The van der Waals surface area contributed by atoms with Crippen LogP contribution in [-0.2, 0) is 10.0 Å². The lowest BCUT2D eigenvalue weighted by Gasteiger charge is -2.03. The first-order valence-corrected chi connectivity index (χ1v) is 9.11. The standard InChI is InChI=1S/C16H14N2O3S2/c1-12-5-7-15(8-6-12)23(20,21)17-16-18(9-10-22-16)13-3-2-4-14(19)11-13/h2-11,19H,1H3/b17-16+. The van der Waals surface area contributed by atoms with Crippen LogP contribution in [0.25, 0.3) is 5.69 Å². The van der Waals surface area contributed by atoms with E-state index in [1.54, 1.807) is 64.7 Å². The molecule has 0 spiro atoms. The maximum absolute atomic E-state index is 12.4. The van der Waals surface area contributed by atoms with Gasteiger partial charge in [-0.1, -0.05) is 23.8 Å². The quantitative estimate of drug-likeness (QED) is 0.793. The van der Waals surface area contributed by atoms with Crippen molar-refractivity contribution in [1.29, 1.82) is 0 Å². The van der Waals surface area contributed by atoms with E-state index >= 15 is 0 Å². The first kappa shape index (κ1) is 15.5. The van der Waals surface area contributed by atoms with Crippen molar-refractivity contribution in [1.82, 2.24) is 4.57 Å². The highest BCUT2D eigenvalue weighted by Crippen LogP contribution is 2.16. The maximum Gasteiger partial charge on any atom is 0.285 e. The van der Waals surface area contributed by atoms with Crippen LogP contribution in [0, 0.1) is 6.92 Å². The predicted molar refractivity (Wildman–Crippen MR) is 89.2 cm³/mol. The summed E-state index contributed by atoms with van der Waals surface area (Å²) in [6, 6.07) is 13.1. The molecule has 118 valence electrons. The molecule has 7 heteroatoms. The predicted octanol–water partition coefficient (Wildman–Crippen LogP) is 2.84. The average Bonchev–Trinajstić information content (AvgIpc) is 2.95. The van der Waals surface area contributed by atoms with Gasteiger partial charge in [0.1, 0.15) is 5.75 Å². The molecule has 0 atom stereocenters. The van der Waals surface area contributed by atoms with Gasteiger partial charge in [0.25, 0.3) is 10.0 Å². The number of aromatic nitrogens is 1. The number of nitrogens with zero attached hydrogens (tertiary/aromatic N) is 2. The minimum atomic E-state index is -3.79. The van der Waals surface area contributed by atoms with Gasteiger partial charge in [-0.05, 0) is 31.2 Å². The van der Waals surface area contributed by atoms with Crippen LogP contribution in [0.3, 0.4) is 0 Å². The van der Waals surface area contributed by atoms with E-state index in [9.17, 15) is 13.5 Å². The van der Waals surface area contributed by atoms with Gasteiger partial charge in [-0.2, -0.15) is 8.42 Å². The van der Waals surface area contributed by atoms with Crippen LogP contribution >= 0.6 is 11.3 Å². The summed E-state index contributed by atoms with van der Waals surface area (Å²) in [6.07, 6.45) is 1.71. The Morgan fingerprint density at radius 3 is 2.57 bits per heavy atom. The average molecular weight is 346 g/mol. The van der Waals surface area contributed by atoms with E-state index in [0.29, 0.717) is 10.5 Å². The van der Waals surface area contributed by atoms with Crippen molar-refractivity contribution in [3.05, 3.63) is 70.5 Å². The summed E-state index contributed by atoms with van der Waals surface area (Å²) in [5.74, 6) is 0.105. The van der Waals surface area contributed by atoms with Gasteiger partial charge < -0.3 is 5.11 Å². The molecule has 0 fully saturated rings. The lowest BCUT2D eigenvalue weighted by molar-refractivity contribution is 0.475. The molecule has 1 N–H and O–H groups in total. The summed E-state index contributed by atoms with van der Waals surface area (Å²) in [5.41, 5.74) is 1.62. The van der Waals surface area contributed by atoms with Crippen LogP contribution in [0.2, 0.25) is 0 Å². The van der Waals surface area contributed by atoms with Gasteiger partial charge in [0.15, 0.2) is 0 Å². The van der Waals surface area contributed by atoms with Crippen molar-refractivity contribution < 1.29 is 13.5 Å². The molecule has 0 radical (unpaired) electrons. The highest BCUT2D eigenvalue weighted by Gasteiger charge is 2.13. The Balaban J connectivity index is 2.11. The van der Waals surface area contributed by atoms with E-state index in [4.69, 9.17) is 0 Å². The molecule has 1 heterocycles. The third-order valence-corrected chi connectivity index (χ3v) is 5.37. The maximum atomic E-state index is 12.4. The van der Waals surface area contributed by atoms with Crippen LogP contribution in [0.4, 0.5) is 0 Å². The van der Waals surface area contributed by atoms with Gasteiger partial charge in [0.05, 0.1) is 10.6 Å². The minimum Gasteiger partial charge on any atom is -0.508 e. The first-order valence-electron chi connectivity index (χ1n) is 6.79. The number of sulfonamides is 1. The summed E-state index contributed by atoms with van der Waals surface area (Å²) in [4.78, 5) is 0.468. The van der Waals surface area contributed by atoms with Crippen LogP contribution in [0.1, 0.15) is 5.56 Å². The molecule has 1 aromatic heterocycles. The van der Waals surface area contributed by atoms with Gasteiger partial charge in [-0.15, -0.1) is 15.7 Å². The highest BCUT2D eigenvalue weighted by molar-refractivity contribution is 7.90. The second-order valence-corrected chi connectivity index (χ2v) is 7.43. The van der Waals surface area contributed by atoms with E-state index < -0.39 is 10.0 Å². The molecule has 0 aliphatic carbocycles. The number of phenols is 1. The summed E-state index contributed by atoms with van der Waals surface area (Å²) >= 11 is 1.21. The molecule has 5 nitrogen and oxygen atoms in total. The molecule has 0 unspecified atom stereocenters. The number of phenolic OH excluding ortho intramolecular Hbond substituents is 1. The Labute approximate surface area is 137 Å². The van der Waals surface area contributed by atoms with Gasteiger partial charge in [0, 0.05) is 17.6 Å². The minimum absolute atomic E-state index is 0.105. The lowest BCUT2D eigenvalue weighted by atomic mass is 10.2. The summed E-state index contributed by atoms with van der Waals surface area (Å²) in [7, 11) is -3.79. The summed E-state index contributed by atoms with van der Waals surface area (Å²) < 4.78 is 30.4. The van der Waals surface area contributed by atoms with Gasteiger partial charge in [0.2, 0.25) is 4.80 Å². The monoisotopic (exact) mass is 346 g/mol. The van der Waals surface area contributed by atoms with Crippen LogP contribution in [-0.4, -0.2) is 18.1 Å². The van der Waals surface area contributed by atoms with Crippen molar-refractivity contribution in [2.75, 3.05) is 0 Å². The van der Waals surface area contributed by atoms with Gasteiger partial charge in [-0.25, -0.2) is 0 Å². The fourth-order valence-corrected chi connectivity index (χ4v) is 3.97. The molecule has 0 aliphatic rings. The second-order valence-electron chi connectivity index (χ2n) is 4.95. The summed E-state index contributed by atoms with van der Waals surface area (Å²) in [6.45, 7) is 1.89. The van der Waals surface area contributed by atoms with Crippen molar-refractivity contribution >= 4 is 21.4 Å². The topological polar surface area (TPSA) is 71.7 Å². The van der Waals surface area contributed by atoms with Crippen molar-refractivity contribution in [2.45, 2.75) is 11.8 Å². The zero-order valence-corrected chi connectivity index (χ0v) is 13.9. The lowest BCUT2D eigenvalue weighted by Crippen LogP contribution is -2.14. The molecule has 3 rings (SSSR count). The van der Waals surface area contributed by atoms with E-state index in [1.165, 1.54) is 11.3 Å². The molecular weight excluding hydrogens is 332 g/mol.